The molecule has 0 bridgehead atoms. The summed E-state index contributed by atoms with van der Waals surface area (Å²) in [6, 6.07) is 0. The van der Waals surface area contributed by atoms with E-state index in [0.717, 1.165) is 0 Å². The van der Waals surface area contributed by atoms with E-state index in [4.69, 9.17) is 0 Å². The molecular weight excluding hydrogens is 447 g/mol. The van der Waals surface area contributed by atoms with Gasteiger partial charge in [-0.15, -0.1) is 0 Å². The van der Waals surface area contributed by atoms with Gasteiger partial charge in [0.1, 0.15) is 0 Å². The molecule has 0 atom stereocenters. The fraction of sp³-hybridized carbons (Fsp3) is 0. The van der Waals surface area contributed by atoms with Crippen LogP contribution in [0.2, 0.25) is 0 Å². The van der Waals surface area contributed by atoms with E-state index in [-0.39, 0.29) is 0 Å². The third kappa shape index (κ3) is 6.32. The van der Waals surface area contributed by atoms with E-state index in [0.29, 0.717) is 0 Å². The molecular formula is C4H4Br4Se. The third-order valence-corrected chi connectivity index (χ3v) is 9.15. The maximum atomic E-state index is 3.54. The van der Waals surface area contributed by atoms with Crippen molar-refractivity contribution in [3.63, 3.8) is 0 Å². The Labute approximate surface area is 88.0 Å². The van der Waals surface area contributed by atoms with Crippen molar-refractivity contribution in [2.24, 2.45) is 0 Å². The van der Waals surface area contributed by atoms with Crippen molar-refractivity contribution in [3.8, 4) is 0 Å². The molecule has 0 N–H and O–H groups in total. The summed E-state index contributed by atoms with van der Waals surface area (Å²) in [7, 11) is -1.70. The molecule has 54 valence electrons. The van der Waals surface area contributed by atoms with Gasteiger partial charge in [0.15, 0.2) is 0 Å². The molecule has 0 saturated heterocycles. The summed E-state index contributed by atoms with van der Waals surface area (Å²) in [5.74, 6) is 0. The average molecular weight is 451 g/mol. The van der Waals surface area contributed by atoms with Gasteiger partial charge < -0.3 is 0 Å². The summed E-state index contributed by atoms with van der Waals surface area (Å²) in [4.78, 5) is 7.83. The van der Waals surface area contributed by atoms with Crippen LogP contribution in [-0.2, 0) is 0 Å². The molecule has 0 heterocycles. The van der Waals surface area contributed by atoms with Crippen molar-refractivity contribution in [1.82, 2.24) is 0 Å². The van der Waals surface area contributed by atoms with Gasteiger partial charge in [0.05, 0.1) is 0 Å². The van der Waals surface area contributed by atoms with Crippen molar-refractivity contribution >= 4 is 69.3 Å². The maximum absolute atomic E-state index is 3.54. The molecule has 0 fully saturated rings. The van der Waals surface area contributed by atoms with E-state index < -0.39 is 9.23 Å². The first kappa shape index (κ1) is 10.9. The van der Waals surface area contributed by atoms with E-state index in [1.165, 1.54) is 0 Å². The Morgan fingerprint density at radius 1 is 0.889 bits per heavy atom. The van der Waals surface area contributed by atoms with Gasteiger partial charge in [-0.3, -0.25) is 0 Å². The van der Waals surface area contributed by atoms with Crippen LogP contribution >= 0.6 is 60.1 Å². The predicted octanol–water partition coefficient (Wildman–Crippen LogP) is 4.11. The second-order valence-corrected chi connectivity index (χ2v) is 21.2. The molecule has 0 aromatic heterocycles. The molecule has 0 nitrogen and oxygen atoms in total. The minimum absolute atomic E-state index is 1.70. The molecule has 0 amide bonds. The predicted molar refractivity (Wildman–Crippen MR) is 59.7 cm³/mol. The van der Waals surface area contributed by atoms with Gasteiger partial charge in [0, 0.05) is 0 Å². The van der Waals surface area contributed by atoms with Crippen LogP contribution in [0.25, 0.3) is 0 Å². The molecule has 5 heteroatoms. The van der Waals surface area contributed by atoms with Gasteiger partial charge in [-0.05, 0) is 0 Å². The third-order valence-electron chi connectivity index (χ3n) is 0.466. The number of hydrogen-bond acceptors (Lipinski definition) is 0. The molecule has 0 aromatic rings. The van der Waals surface area contributed by atoms with Crippen molar-refractivity contribution in [2.75, 3.05) is 0 Å². The standard InChI is InChI=1S/C4H4Br4Se/c5-1-3-9(7,8)4-2-6/h1-4H. The number of rotatable bonds is 2. The van der Waals surface area contributed by atoms with E-state index in [2.05, 4.69) is 70.0 Å². The van der Waals surface area contributed by atoms with Crippen molar-refractivity contribution in [1.29, 1.82) is 0 Å². The molecule has 0 spiro atoms. The molecule has 0 rings (SSSR count). The van der Waals surface area contributed by atoms with Crippen molar-refractivity contribution < 1.29 is 0 Å². The Morgan fingerprint density at radius 3 is 1.44 bits per heavy atom. The minimum atomic E-state index is -1.70. The van der Waals surface area contributed by atoms with Gasteiger partial charge in [-0.25, -0.2) is 0 Å². The summed E-state index contributed by atoms with van der Waals surface area (Å²) in [5.41, 5.74) is 0. The normalized spacial score (nSPS) is 15.6. The zero-order chi connectivity index (χ0) is 7.33. The van der Waals surface area contributed by atoms with E-state index in [9.17, 15) is 0 Å². The SMILES string of the molecule is BrC=C[Se](Br)(Br)C=CBr. The molecule has 0 aliphatic heterocycles. The van der Waals surface area contributed by atoms with Gasteiger partial charge in [-0.2, -0.15) is 0 Å². The van der Waals surface area contributed by atoms with Gasteiger partial charge >= 0.3 is 89.2 Å². The first-order chi connectivity index (χ1) is 4.12. The Hall–Kier alpha value is 1.92. The van der Waals surface area contributed by atoms with Crippen LogP contribution in [0.5, 0.6) is 0 Å². The fourth-order valence-corrected chi connectivity index (χ4v) is 12.7. The monoisotopic (exact) mass is 448 g/mol. The quantitative estimate of drug-likeness (QED) is 0.556. The molecule has 0 radical (unpaired) electrons. The topological polar surface area (TPSA) is 0 Å². The molecule has 9 heavy (non-hydrogen) atoms. The van der Waals surface area contributed by atoms with Gasteiger partial charge in [0.25, 0.3) is 0 Å². The average Bonchev–Trinajstić information content (AvgIpc) is 1.64. The summed E-state index contributed by atoms with van der Waals surface area (Å²) in [6.45, 7) is 0. The number of hydrogen-bond donors (Lipinski definition) is 0. The molecule has 0 unspecified atom stereocenters. The Balaban J connectivity index is 4.01. The second-order valence-electron chi connectivity index (χ2n) is 1.07. The van der Waals surface area contributed by atoms with Crippen molar-refractivity contribution in [3.05, 3.63) is 19.9 Å². The van der Waals surface area contributed by atoms with Crippen LogP contribution in [0.1, 0.15) is 0 Å². The first-order valence-electron chi connectivity index (χ1n) is 1.88. The Bertz CT molecular complexity index is 115. The zero-order valence-corrected chi connectivity index (χ0v) is 12.3. The van der Waals surface area contributed by atoms with Crippen molar-refractivity contribution in [2.45, 2.75) is 0 Å². The Kier molecular flexibility index (Phi) is 6.74. The van der Waals surface area contributed by atoms with Crippen LogP contribution in [0.15, 0.2) is 19.9 Å². The van der Waals surface area contributed by atoms with Crippen LogP contribution < -0.4 is 0 Å². The summed E-state index contributed by atoms with van der Waals surface area (Å²) in [6.07, 6.45) is 0. The molecule has 0 aliphatic rings. The van der Waals surface area contributed by atoms with Crippen LogP contribution in [0.3, 0.4) is 0 Å². The molecule has 0 aromatic carbocycles. The first-order valence-corrected chi connectivity index (χ1v) is 13.7. The second kappa shape index (κ2) is 5.55. The fourth-order valence-electron chi connectivity index (χ4n) is 0.183. The van der Waals surface area contributed by atoms with E-state index in [1.54, 1.807) is 0 Å². The van der Waals surface area contributed by atoms with Crippen LogP contribution in [0, 0.1) is 0 Å². The van der Waals surface area contributed by atoms with Crippen LogP contribution in [0.4, 0.5) is 0 Å². The molecule has 0 aliphatic carbocycles. The van der Waals surface area contributed by atoms with Gasteiger partial charge in [0.2, 0.25) is 0 Å². The zero-order valence-electron chi connectivity index (χ0n) is 4.23. The molecule has 0 saturated carbocycles. The van der Waals surface area contributed by atoms with Gasteiger partial charge in [-0.1, -0.05) is 0 Å². The van der Waals surface area contributed by atoms with Crippen LogP contribution in [-0.4, -0.2) is 9.23 Å². The van der Waals surface area contributed by atoms with E-state index >= 15 is 0 Å². The summed E-state index contributed by atoms with van der Waals surface area (Å²) >= 11 is 13.5. The summed E-state index contributed by atoms with van der Waals surface area (Å²) in [5, 5.41) is 0. The number of halogens is 4. The van der Waals surface area contributed by atoms with E-state index in [1.807, 2.05) is 9.97 Å². The summed E-state index contributed by atoms with van der Waals surface area (Å²) < 4.78 is 0. The Morgan fingerprint density at radius 2 is 1.22 bits per heavy atom.